The first-order valence-corrected chi connectivity index (χ1v) is 12.1. The lowest BCUT2D eigenvalue weighted by atomic mass is 9.94. The standard InChI is InChI=1S/C23H26N4O4S/c28-20(25-23-24-16(14-32-23)13-26-8-10-31-11-9-26)15-6-7-18-19(12-15)22(30)27(21(18)29)17-4-2-1-3-5-17/h6-7,12,14,17H,1-5,8-11,13H2,(H,24,25,28). The zero-order valence-corrected chi connectivity index (χ0v) is 18.7. The van der Waals surface area contributed by atoms with Gasteiger partial charge in [-0.1, -0.05) is 19.3 Å². The van der Waals surface area contributed by atoms with Crippen molar-refractivity contribution in [1.82, 2.24) is 14.8 Å². The highest BCUT2D eigenvalue weighted by Gasteiger charge is 2.40. The summed E-state index contributed by atoms with van der Waals surface area (Å²) in [4.78, 5) is 46.8. The number of nitrogens with zero attached hydrogens (tertiary/aromatic N) is 3. The van der Waals surface area contributed by atoms with Gasteiger partial charge in [0.15, 0.2) is 5.13 Å². The molecule has 168 valence electrons. The first-order valence-electron chi connectivity index (χ1n) is 11.2. The fraction of sp³-hybridized carbons (Fsp3) is 0.478. The molecule has 2 aromatic rings. The van der Waals surface area contributed by atoms with Crippen LogP contribution in [-0.2, 0) is 11.3 Å². The molecular weight excluding hydrogens is 428 g/mol. The predicted octanol–water partition coefficient (Wildman–Crippen LogP) is 3.16. The molecule has 2 aliphatic heterocycles. The minimum atomic E-state index is -0.337. The van der Waals surface area contributed by atoms with E-state index in [0.29, 0.717) is 21.8 Å². The van der Waals surface area contributed by atoms with Crippen molar-refractivity contribution in [1.29, 1.82) is 0 Å². The SMILES string of the molecule is O=C(Nc1nc(CN2CCOCC2)cs1)c1ccc2c(c1)C(=O)N(C1CCCCC1)C2=O. The molecule has 0 bridgehead atoms. The number of aromatic nitrogens is 1. The molecule has 1 saturated heterocycles. The highest BCUT2D eigenvalue weighted by molar-refractivity contribution is 7.14. The molecule has 8 nitrogen and oxygen atoms in total. The van der Waals surface area contributed by atoms with Gasteiger partial charge in [0.25, 0.3) is 17.7 Å². The van der Waals surface area contributed by atoms with Gasteiger partial charge in [0, 0.05) is 36.6 Å². The van der Waals surface area contributed by atoms with Gasteiger partial charge >= 0.3 is 0 Å². The van der Waals surface area contributed by atoms with Crippen molar-refractivity contribution in [2.24, 2.45) is 0 Å². The quantitative estimate of drug-likeness (QED) is 0.698. The Kier molecular flexibility index (Phi) is 6.03. The third-order valence-corrected chi connectivity index (χ3v) is 7.19. The zero-order valence-electron chi connectivity index (χ0n) is 17.8. The van der Waals surface area contributed by atoms with Crippen molar-refractivity contribution >= 4 is 34.2 Å². The van der Waals surface area contributed by atoms with Crippen LogP contribution in [0.15, 0.2) is 23.6 Å². The topological polar surface area (TPSA) is 91.8 Å². The predicted molar refractivity (Wildman–Crippen MR) is 120 cm³/mol. The number of anilines is 1. The van der Waals surface area contributed by atoms with Crippen LogP contribution >= 0.6 is 11.3 Å². The molecule has 1 aromatic heterocycles. The Morgan fingerprint density at radius 3 is 2.62 bits per heavy atom. The molecule has 1 aromatic carbocycles. The van der Waals surface area contributed by atoms with Gasteiger partial charge in [-0.25, -0.2) is 4.98 Å². The van der Waals surface area contributed by atoms with E-state index in [1.54, 1.807) is 12.1 Å². The molecule has 2 fully saturated rings. The summed E-state index contributed by atoms with van der Waals surface area (Å²) in [6.07, 6.45) is 4.93. The normalized spacial score (nSPS) is 19.9. The summed E-state index contributed by atoms with van der Waals surface area (Å²) >= 11 is 1.38. The highest BCUT2D eigenvalue weighted by atomic mass is 32.1. The fourth-order valence-corrected chi connectivity index (χ4v) is 5.36. The van der Waals surface area contributed by atoms with E-state index in [1.165, 1.54) is 22.3 Å². The molecule has 0 unspecified atom stereocenters. The molecule has 3 heterocycles. The summed E-state index contributed by atoms with van der Waals surface area (Å²) in [6, 6.07) is 4.70. The van der Waals surface area contributed by atoms with Crippen LogP contribution < -0.4 is 5.32 Å². The molecule has 9 heteroatoms. The van der Waals surface area contributed by atoms with E-state index in [2.05, 4.69) is 15.2 Å². The van der Waals surface area contributed by atoms with Gasteiger partial charge in [-0.3, -0.25) is 29.5 Å². The number of imide groups is 1. The fourth-order valence-electron chi connectivity index (χ4n) is 4.67. The molecule has 3 aliphatic rings. The van der Waals surface area contributed by atoms with Crippen molar-refractivity contribution in [3.8, 4) is 0 Å². The zero-order chi connectivity index (χ0) is 22.1. The molecule has 0 radical (unpaired) electrons. The monoisotopic (exact) mass is 454 g/mol. The lowest BCUT2D eigenvalue weighted by molar-refractivity contribution is 0.0337. The van der Waals surface area contributed by atoms with Gasteiger partial charge in [-0.15, -0.1) is 11.3 Å². The number of benzene rings is 1. The van der Waals surface area contributed by atoms with Crippen LogP contribution in [0.25, 0.3) is 0 Å². The van der Waals surface area contributed by atoms with Crippen molar-refractivity contribution < 1.29 is 19.1 Å². The van der Waals surface area contributed by atoms with Gasteiger partial charge in [-0.2, -0.15) is 0 Å². The third kappa shape index (κ3) is 4.20. The van der Waals surface area contributed by atoms with E-state index in [9.17, 15) is 14.4 Å². The summed E-state index contributed by atoms with van der Waals surface area (Å²) in [5.74, 6) is -0.860. The molecule has 3 amide bonds. The summed E-state index contributed by atoms with van der Waals surface area (Å²) in [7, 11) is 0. The Morgan fingerprint density at radius 1 is 1.09 bits per heavy atom. The lowest BCUT2D eigenvalue weighted by Crippen LogP contribution is -2.40. The number of carbonyl (C=O) groups excluding carboxylic acids is 3. The van der Waals surface area contributed by atoms with E-state index in [1.807, 2.05) is 5.38 Å². The van der Waals surface area contributed by atoms with Gasteiger partial charge in [-0.05, 0) is 31.0 Å². The number of ether oxygens (including phenoxy) is 1. The smallest absolute Gasteiger partial charge is 0.261 e. The number of rotatable bonds is 5. The van der Waals surface area contributed by atoms with Gasteiger partial charge < -0.3 is 4.74 Å². The Bertz CT molecular complexity index is 1040. The van der Waals surface area contributed by atoms with E-state index < -0.39 is 0 Å². The number of thiazole rings is 1. The Labute approximate surface area is 190 Å². The number of hydrogen-bond acceptors (Lipinski definition) is 7. The van der Waals surface area contributed by atoms with Crippen LogP contribution in [0.5, 0.6) is 0 Å². The maximum absolute atomic E-state index is 13.0. The van der Waals surface area contributed by atoms with Crippen LogP contribution in [0, 0.1) is 0 Å². The number of amides is 3. The van der Waals surface area contributed by atoms with Crippen molar-refractivity contribution in [2.45, 2.75) is 44.7 Å². The number of carbonyl (C=O) groups is 3. The first-order chi connectivity index (χ1) is 15.6. The molecule has 1 saturated carbocycles. The molecule has 0 spiro atoms. The third-order valence-electron chi connectivity index (χ3n) is 6.38. The van der Waals surface area contributed by atoms with Crippen molar-refractivity contribution in [3.63, 3.8) is 0 Å². The van der Waals surface area contributed by atoms with Crippen LogP contribution in [-0.4, -0.2) is 64.9 Å². The van der Waals surface area contributed by atoms with Crippen molar-refractivity contribution in [3.05, 3.63) is 46.0 Å². The largest absolute Gasteiger partial charge is 0.379 e. The first kappa shape index (κ1) is 21.2. The Morgan fingerprint density at radius 2 is 1.84 bits per heavy atom. The molecule has 32 heavy (non-hydrogen) atoms. The minimum absolute atomic E-state index is 0.0337. The maximum atomic E-state index is 13.0. The summed E-state index contributed by atoms with van der Waals surface area (Å²) in [6.45, 7) is 3.93. The average molecular weight is 455 g/mol. The number of hydrogen-bond donors (Lipinski definition) is 1. The molecular formula is C23H26N4O4S. The summed E-state index contributed by atoms with van der Waals surface area (Å²) in [5.41, 5.74) is 1.96. The summed E-state index contributed by atoms with van der Waals surface area (Å²) in [5, 5.41) is 5.28. The number of fused-ring (bicyclic) bond motifs is 1. The van der Waals surface area contributed by atoms with E-state index in [4.69, 9.17) is 4.74 Å². The second-order valence-corrected chi connectivity index (χ2v) is 9.38. The van der Waals surface area contributed by atoms with Gasteiger partial charge in [0.1, 0.15) is 0 Å². The van der Waals surface area contributed by atoms with E-state index in [0.717, 1.165) is 70.6 Å². The van der Waals surface area contributed by atoms with Gasteiger partial charge in [0.2, 0.25) is 0 Å². The van der Waals surface area contributed by atoms with Crippen LogP contribution in [0.4, 0.5) is 5.13 Å². The highest BCUT2D eigenvalue weighted by Crippen LogP contribution is 2.31. The van der Waals surface area contributed by atoms with E-state index in [-0.39, 0.29) is 23.8 Å². The van der Waals surface area contributed by atoms with Crippen molar-refractivity contribution in [2.75, 3.05) is 31.6 Å². The second-order valence-electron chi connectivity index (χ2n) is 8.52. The number of nitrogens with one attached hydrogen (secondary N) is 1. The Balaban J connectivity index is 1.27. The molecule has 0 atom stereocenters. The average Bonchev–Trinajstić information content (AvgIpc) is 3.36. The van der Waals surface area contributed by atoms with Crippen LogP contribution in [0.2, 0.25) is 0 Å². The Hall–Kier alpha value is -2.62. The number of morpholine rings is 1. The molecule has 1 N–H and O–H groups in total. The lowest BCUT2D eigenvalue weighted by Gasteiger charge is -2.29. The van der Waals surface area contributed by atoms with Crippen LogP contribution in [0.3, 0.4) is 0 Å². The minimum Gasteiger partial charge on any atom is -0.379 e. The van der Waals surface area contributed by atoms with Gasteiger partial charge in [0.05, 0.1) is 30.0 Å². The van der Waals surface area contributed by atoms with E-state index >= 15 is 0 Å². The maximum Gasteiger partial charge on any atom is 0.261 e. The molecule has 5 rings (SSSR count). The second kappa shape index (κ2) is 9.09. The van der Waals surface area contributed by atoms with Crippen LogP contribution in [0.1, 0.15) is 68.9 Å². The molecule has 1 aliphatic carbocycles. The summed E-state index contributed by atoms with van der Waals surface area (Å²) < 4.78 is 5.37.